The lowest BCUT2D eigenvalue weighted by atomic mass is 10.1. The van der Waals surface area contributed by atoms with Crippen molar-refractivity contribution in [3.8, 4) is 5.75 Å². The van der Waals surface area contributed by atoms with Crippen LogP contribution in [0.25, 0.3) is 0 Å². The summed E-state index contributed by atoms with van der Waals surface area (Å²) in [5.41, 5.74) is 1.48. The average molecular weight is 363 g/mol. The number of alkyl halides is 2. The summed E-state index contributed by atoms with van der Waals surface area (Å²) in [6.45, 7) is -1.84. The van der Waals surface area contributed by atoms with Gasteiger partial charge in [-0.25, -0.2) is 4.39 Å². The molecular weight excluding hydrogens is 343 g/mol. The predicted octanol–water partition coefficient (Wildman–Crippen LogP) is 4.41. The molecule has 1 aliphatic rings. The van der Waals surface area contributed by atoms with Crippen molar-refractivity contribution in [2.45, 2.75) is 32.4 Å². The number of hydrogen-bond acceptors (Lipinski definition) is 2. The van der Waals surface area contributed by atoms with Crippen LogP contribution in [0.2, 0.25) is 0 Å². The van der Waals surface area contributed by atoms with E-state index in [9.17, 15) is 18.0 Å². The lowest BCUT2D eigenvalue weighted by Crippen LogP contribution is -2.33. The van der Waals surface area contributed by atoms with Gasteiger partial charge in [-0.15, -0.1) is 0 Å². The van der Waals surface area contributed by atoms with E-state index in [2.05, 4.69) is 4.74 Å². The molecule has 0 aliphatic heterocycles. The first-order chi connectivity index (χ1) is 12.5. The van der Waals surface area contributed by atoms with Crippen molar-refractivity contribution in [2.75, 3.05) is 6.54 Å². The quantitative estimate of drug-likeness (QED) is 0.695. The van der Waals surface area contributed by atoms with Crippen molar-refractivity contribution < 1.29 is 22.7 Å². The third kappa shape index (κ3) is 5.51. The number of ether oxygens (including phenoxy) is 1. The molecule has 0 bridgehead atoms. The summed E-state index contributed by atoms with van der Waals surface area (Å²) in [6, 6.07) is 12.3. The smallest absolute Gasteiger partial charge is 0.387 e. The molecule has 0 atom stereocenters. The van der Waals surface area contributed by atoms with E-state index >= 15 is 0 Å². The Hall–Kier alpha value is -2.50. The minimum atomic E-state index is -2.90. The summed E-state index contributed by atoms with van der Waals surface area (Å²) in [7, 11) is 0. The first-order valence-corrected chi connectivity index (χ1v) is 8.55. The van der Waals surface area contributed by atoms with Gasteiger partial charge < -0.3 is 9.64 Å². The van der Waals surface area contributed by atoms with Gasteiger partial charge in [-0.1, -0.05) is 24.3 Å². The molecule has 0 radical (unpaired) electrons. The van der Waals surface area contributed by atoms with Gasteiger partial charge in [-0.3, -0.25) is 4.79 Å². The molecule has 1 fully saturated rings. The molecule has 1 saturated carbocycles. The Morgan fingerprint density at radius 3 is 2.50 bits per heavy atom. The second kappa shape index (κ2) is 8.25. The molecular formula is C20H20F3NO2. The number of carbonyl (C=O) groups is 1. The van der Waals surface area contributed by atoms with Crippen LogP contribution in [0.4, 0.5) is 13.2 Å². The zero-order chi connectivity index (χ0) is 18.5. The predicted molar refractivity (Wildman–Crippen MR) is 91.3 cm³/mol. The van der Waals surface area contributed by atoms with Gasteiger partial charge in [0.2, 0.25) is 5.91 Å². The van der Waals surface area contributed by atoms with Crippen molar-refractivity contribution in [3.05, 3.63) is 65.5 Å². The third-order valence-corrected chi connectivity index (χ3v) is 4.29. The first-order valence-electron chi connectivity index (χ1n) is 8.55. The van der Waals surface area contributed by atoms with E-state index in [-0.39, 0.29) is 23.9 Å². The van der Waals surface area contributed by atoms with E-state index in [0.29, 0.717) is 24.6 Å². The molecule has 1 aliphatic carbocycles. The molecule has 26 heavy (non-hydrogen) atoms. The van der Waals surface area contributed by atoms with Crippen molar-refractivity contribution >= 4 is 5.91 Å². The highest BCUT2D eigenvalue weighted by Crippen LogP contribution is 2.30. The van der Waals surface area contributed by atoms with Crippen molar-refractivity contribution in [2.24, 2.45) is 5.92 Å². The molecule has 0 N–H and O–H groups in total. The maximum Gasteiger partial charge on any atom is 0.387 e. The van der Waals surface area contributed by atoms with Gasteiger partial charge in [0.1, 0.15) is 11.6 Å². The normalized spacial score (nSPS) is 13.7. The van der Waals surface area contributed by atoms with E-state index in [1.165, 1.54) is 24.3 Å². The van der Waals surface area contributed by atoms with Gasteiger partial charge in [0.25, 0.3) is 0 Å². The van der Waals surface area contributed by atoms with Crippen LogP contribution in [0.1, 0.15) is 24.0 Å². The lowest BCUT2D eigenvalue weighted by Gasteiger charge is -2.23. The summed E-state index contributed by atoms with van der Waals surface area (Å²) in [5.74, 6) is 0.144. The summed E-state index contributed by atoms with van der Waals surface area (Å²) in [4.78, 5) is 14.5. The van der Waals surface area contributed by atoms with E-state index in [0.717, 1.165) is 18.4 Å². The SMILES string of the molecule is O=C(Cc1cccc(OC(F)F)c1)N(Cc1ccc(F)cc1)CC1CC1. The summed E-state index contributed by atoms with van der Waals surface area (Å²) in [5, 5.41) is 0. The number of benzene rings is 2. The van der Waals surface area contributed by atoms with Crippen LogP contribution < -0.4 is 4.74 Å². The molecule has 0 spiro atoms. The van der Waals surface area contributed by atoms with Gasteiger partial charge in [0, 0.05) is 13.1 Å². The Kier molecular flexibility index (Phi) is 5.81. The number of halogens is 3. The molecule has 0 aromatic heterocycles. The van der Waals surface area contributed by atoms with E-state index in [1.807, 2.05) is 0 Å². The summed E-state index contributed by atoms with van der Waals surface area (Å²) >= 11 is 0. The van der Waals surface area contributed by atoms with Crippen molar-refractivity contribution in [1.29, 1.82) is 0 Å². The Morgan fingerprint density at radius 1 is 1.12 bits per heavy atom. The van der Waals surface area contributed by atoms with Crippen LogP contribution in [0, 0.1) is 11.7 Å². The molecule has 0 saturated heterocycles. The molecule has 0 unspecified atom stereocenters. The number of rotatable bonds is 8. The first kappa shape index (κ1) is 18.3. The molecule has 1 amide bonds. The zero-order valence-corrected chi connectivity index (χ0v) is 14.2. The molecule has 3 nitrogen and oxygen atoms in total. The second-order valence-electron chi connectivity index (χ2n) is 6.55. The number of amides is 1. The minimum Gasteiger partial charge on any atom is -0.435 e. The Morgan fingerprint density at radius 2 is 1.85 bits per heavy atom. The average Bonchev–Trinajstić information content (AvgIpc) is 3.40. The Bertz CT molecular complexity index is 745. The molecule has 2 aromatic carbocycles. The highest BCUT2D eigenvalue weighted by atomic mass is 19.3. The fourth-order valence-electron chi connectivity index (χ4n) is 2.79. The van der Waals surface area contributed by atoms with Gasteiger partial charge in [-0.2, -0.15) is 8.78 Å². The van der Waals surface area contributed by atoms with Gasteiger partial charge in [-0.05, 0) is 54.2 Å². The highest BCUT2D eigenvalue weighted by molar-refractivity contribution is 5.79. The number of carbonyl (C=O) groups excluding carboxylic acids is 1. The number of nitrogens with zero attached hydrogens (tertiary/aromatic N) is 1. The molecule has 3 rings (SSSR count). The van der Waals surface area contributed by atoms with Crippen molar-refractivity contribution in [1.82, 2.24) is 4.90 Å². The Labute approximate surface area is 150 Å². The fourth-order valence-corrected chi connectivity index (χ4v) is 2.79. The van der Waals surface area contributed by atoms with Crippen LogP contribution in [0.15, 0.2) is 48.5 Å². The van der Waals surface area contributed by atoms with Crippen LogP contribution in [-0.2, 0) is 17.8 Å². The monoisotopic (exact) mass is 363 g/mol. The molecule has 2 aromatic rings. The fraction of sp³-hybridized carbons (Fsp3) is 0.350. The van der Waals surface area contributed by atoms with Crippen LogP contribution >= 0.6 is 0 Å². The van der Waals surface area contributed by atoms with Gasteiger partial charge in [0.05, 0.1) is 6.42 Å². The van der Waals surface area contributed by atoms with Crippen LogP contribution in [0.3, 0.4) is 0 Å². The second-order valence-corrected chi connectivity index (χ2v) is 6.55. The summed E-state index contributed by atoms with van der Waals surface area (Å²) < 4.78 is 42.1. The topological polar surface area (TPSA) is 29.5 Å². The maximum atomic E-state index is 13.1. The van der Waals surface area contributed by atoms with E-state index < -0.39 is 6.61 Å². The standard InChI is InChI=1S/C20H20F3NO2/c21-17-8-6-15(7-9-17)13-24(12-14-4-5-14)19(25)11-16-2-1-3-18(10-16)26-20(22)23/h1-3,6-10,14,20H,4-5,11-13H2. The van der Waals surface area contributed by atoms with Gasteiger partial charge >= 0.3 is 6.61 Å². The zero-order valence-electron chi connectivity index (χ0n) is 14.2. The summed E-state index contributed by atoms with van der Waals surface area (Å²) in [6.07, 6.45) is 2.31. The van der Waals surface area contributed by atoms with E-state index in [4.69, 9.17) is 0 Å². The molecule has 138 valence electrons. The Balaban J connectivity index is 1.68. The van der Waals surface area contributed by atoms with Gasteiger partial charge in [0.15, 0.2) is 0 Å². The lowest BCUT2D eigenvalue weighted by molar-refractivity contribution is -0.131. The largest absolute Gasteiger partial charge is 0.435 e. The van der Waals surface area contributed by atoms with Crippen molar-refractivity contribution in [3.63, 3.8) is 0 Å². The van der Waals surface area contributed by atoms with Crippen LogP contribution in [-0.4, -0.2) is 24.0 Å². The van der Waals surface area contributed by atoms with E-state index in [1.54, 1.807) is 29.2 Å². The minimum absolute atomic E-state index is 0.0394. The number of hydrogen-bond donors (Lipinski definition) is 0. The highest BCUT2D eigenvalue weighted by Gasteiger charge is 2.27. The maximum absolute atomic E-state index is 13.1. The van der Waals surface area contributed by atoms with Crippen LogP contribution in [0.5, 0.6) is 5.75 Å². The molecule has 0 heterocycles. The molecule has 6 heteroatoms. The third-order valence-electron chi connectivity index (χ3n) is 4.29.